The van der Waals surface area contributed by atoms with Crippen LogP contribution in [0.1, 0.15) is 17.4 Å². The van der Waals surface area contributed by atoms with Crippen LogP contribution in [-0.4, -0.2) is 29.1 Å². The first-order valence-corrected chi connectivity index (χ1v) is 7.64. The maximum atomic E-state index is 12.2. The van der Waals surface area contributed by atoms with Crippen molar-refractivity contribution in [3.63, 3.8) is 0 Å². The third-order valence-electron chi connectivity index (χ3n) is 3.74. The number of aromatic hydroxyl groups is 1. The highest BCUT2D eigenvalue weighted by Gasteiger charge is 2.34. The highest BCUT2D eigenvalue weighted by Crippen LogP contribution is 2.38. The standard InChI is InChI=1S/C18H13NO8/c1-25-14-9-10(8-13(15(14)20)19(23)24)7-12-16(21)26-18(27-17(12)22)11-5-3-2-4-6-11/h2-9,18,20H,1H3. The summed E-state index contributed by atoms with van der Waals surface area (Å²) in [6, 6.07) is 10.6. The molecule has 0 bridgehead atoms. The molecule has 1 aliphatic rings. The van der Waals surface area contributed by atoms with E-state index in [0.29, 0.717) is 5.56 Å². The first-order valence-electron chi connectivity index (χ1n) is 7.64. The summed E-state index contributed by atoms with van der Waals surface area (Å²) in [5.41, 5.74) is -0.510. The minimum absolute atomic E-state index is 0.0819. The number of phenols is 1. The van der Waals surface area contributed by atoms with Crippen LogP contribution in [0.25, 0.3) is 6.08 Å². The smallest absolute Gasteiger partial charge is 0.348 e. The summed E-state index contributed by atoms with van der Waals surface area (Å²) < 4.78 is 15.1. The molecule has 0 radical (unpaired) electrons. The quantitative estimate of drug-likeness (QED) is 0.286. The molecule has 0 saturated carbocycles. The molecular weight excluding hydrogens is 358 g/mol. The molecule has 27 heavy (non-hydrogen) atoms. The summed E-state index contributed by atoms with van der Waals surface area (Å²) in [5, 5.41) is 20.8. The van der Waals surface area contributed by atoms with Gasteiger partial charge in [0, 0.05) is 11.6 Å². The van der Waals surface area contributed by atoms with E-state index in [1.165, 1.54) is 13.2 Å². The molecule has 1 fully saturated rings. The molecule has 1 saturated heterocycles. The number of ether oxygens (including phenoxy) is 3. The Bertz CT molecular complexity index is 931. The molecule has 1 aliphatic heterocycles. The monoisotopic (exact) mass is 371 g/mol. The number of rotatable bonds is 4. The normalized spacial score (nSPS) is 16.3. The van der Waals surface area contributed by atoms with Crippen molar-refractivity contribution in [3.8, 4) is 11.5 Å². The second-order valence-corrected chi connectivity index (χ2v) is 5.46. The van der Waals surface area contributed by atoms with Gasteiger partial charge >= 0.3 is 17.6 Å². The van der Waals surface area contributed by atoms with E-state index >= 15 is 0 Å². The lowest BCUT2D eigenvalue weighted by Gasteiger charge is -2.23. The van der Waals surface area contributed by atoms with Gasteiger partial charge in [-0.3, -0.25) is 10.1 Å². The van der Waals surface area contributed by atoms with E-state index in [1.54, 1.807) is 30.3 Å². The molecule has 3 rings (SSSR count). The van der Waals surface area contributed by atoms with Crippen LogP contribution in [0.4, 0.5) is 5.69 Å². The second-order valence-electron chi connectivity index (χ2n) is 5.46. The zero-order valence-corrected chi connectivity index (χ0v) is 13.9. The SMILES string of the molecule is COc1cc(C=C2C(=O)OC(c3ccccc3)OC2=O)cc([N+](=O)[O-])c1O. The van der Waals surface area contributed by atoms with Crippen LogP contribution in [0.15, 0.2) is 48.0 Å². The average molecular weight is 371 g/mol. The highest BCUT2D eigenvalue weighted by atomic mass is 16.7. The number of hydrogen-bond donors (Lipinski definition) is 1. The summed E-state index contributed by atoms with van der Waals surface area (Å²) in [5.74, 6) is -2.72. The summed E-state index contributed by atoms with van der Waals surface area (Å²) in [4.78, 5) is 34.7. The fourth-order valence-electron chi connectivity index (χ4n) is 2.45. The molecule has 1 heterocycles. The number of phenolic OH excluding ortho intramolecular Hbond substituents is 1. The Morgan fingerprint density at radius 3 is 2.33 bits per heavy atom. The molecule has 1 N–H and O–H groups in total. The van der Waals surface area contributed by atoms with Crippen LogP contribution in [0, 0.1) is 10.1 Å². The summed E-state index contributed by atoms with van der Waals surface area (Å²) in [7, 11) is 1.21. The van der Waals surface area contributed by atoms with E-state index in [1.807, 2.05) is 0 Å². The van der Waals surface area contributed by atoms with Crippen molar-refractivity contribution in [2.24, 2.45) is 0 Å². The Hall–Kier alpha value is -3.88. The first-order chi connectivity index (χ1) is 12.9. The summed E-state index contributed by atoms with van der Waals surface area (Å²) >= 11 is 0. The molecule has 2 aromatic carbocycles. The van der Waals surface area contributed by atoms with Crippen LogP contribution in [-0.2, 0) is 19.1 Å². The lowest BCUT2D eigenvalue weighted by molar-refractivity contribution is -0.386. The van der Waals surface area contributed by atoms with Gasteiger partial charge in [0.25, 0.3) is 6.29 Å². The van der Waals surface area contributed by atoms with Gasteiger partial charge in [0.05, 0.1) is 12.0 Å². The van der Waals surface area contributed by atoms with Crippen molar-refractivity contribution in [1.82, 2.24) is 0 Å². The Morgan fingerprint density at radius 2 is 1.78 bits per heavy atom. The number of nitrogens with zero attached hydrogens (tertiary/aromatic N) is 1. The molecule has 0 aliphatic carbocycles. The van der Waals surface area contributed by atoms with Crippen LogP contribution in [0.5, 0.6) is 11.5 Å². The molecule has 9 heteroatoms. The number of benzene rings is 2. The molecule has 2 aromatic rings. The Labute approximate surface area is 152 Å². The van der Waals surface area contributed by atoms with E-state index in [2.05, 4.69) is 0 Å². The van der Waals surface area contributed by atoms with Gasteiger partial charge in [-0.2, -0.15) is 0 Å². The summed E-state index contributed by atoms with van der Waals surface area (Å²) in [6.45, 7) is 0. The molecule has 0 aromatic heterocycles. The molecule has 0 spiro atoms. The van der Waals surface area contributed by atoms with E-state index in [-0.39, 0.29) is 11.3 Å². The molecule has 0 atom stereocenters. The second kappa shape index (κ2) is 7.16. The fourth-order valence-corrected chi connectivity index (χ4v) is 2.45. The molecule has 138 valence electrons. The Morgan fingerprint density at radius 1 is 1.15 bits per heavy atom. The van der Waals surface area contributed by atoms with Crippen molar-refractivity contribution in [2.45, 2.75) is 6.29 Å². The lowest BCUT2D eigenvalue weighted by atomic mass is 10.1. The van der Waals surface area contributed by atoms with Gasteiger partial charge < -0.3 is 19.3 Å². The zero-order valence-electron chi connectivity index (χ0n) is 13.9. The van der Waals surface area contributed by atoms with E-state index in [0.717, 1.165) is 12.1 Å². The maximum absolute atomic E-state index is 12.2. The van der Waals surface area contributed by atoms with Crippen molar-refractivity contribution in [3.05, 3.63) is 69.3 Å². The predicted molar refractivity (Wildman–Crippen MR) is 90.7 cm³/mol. The highest BCUT2D eigenvalue weighted by molar-refractivity contribution is 6.18. The van der Waals surface area contributed by atoms with Gasteiger partial charge in [-0.1, -0.05) is 30.3 Å². The van der Waals surface area contributed by atoms with Crippen molar-refractivity contribution < 1.29 is 33.8 Å². The third kappa shape index (κ3) is 3.56. The predicted octanol–water partition coefficient (Wildman–Crippen LogP) is 2.49. The zero-order chi connectivity index (χ0) is 19.6. The Balaban J connectivity index is 1.94. The van der Waals surface area contributed by atoms with E-state index < -0.39 is 40.2 Å². The summed E-state index contributed by atoms with van der Waals surface area (Å²) in [6.07, 6.45) is -0.104. The number of hydrogen-bond acceptors (Lipinski definition) is 8. The molecule has 9 nitrogen and oxygen atoms in total. The Kier molecular flexibility index (Phi) is 4.75. The third-order valence-corrected chi connectivity index (χ3v) is 3.74. The maximum Gasteiger partial charge on any atom is 0.348 e. The van der Waals surface area contributed by atoms with Crippen LogP contribution < -0.4 is 4.74 Å². The van der Waals surface area contributed by atoms with Gasteiger partial charge in [0.1, 0.15) is 5.57 Å². The van der Waals surface area contributed by atoms with Gasteiger partial charge in [0.15, 0.2) is 5.75 Å². The molecule has 0 amide bonds. The average Bonchev–Trinajstić information content (AvgIpc) is 2.66. The van der Waals surface area contributed by atoms with Gasteiger partial charge in [-0.15, -0.1) is 0 Å². The van der Waals surface area contributed by atoms with Crippen LogP contribution in [0.3, 0.4) is 0 Å². The van der Waals surface area contributed by atoms with Gasteiger partial charge in [-0.25, -0.2) is 9.59 Å². The van der Waals surface area contributed by atoms with Crippen molar-refractivity contribution in [1.29, 1.82) is 0 Å². The lowest BCUT2D eigenvalue weighted by Crippen LogP contribution is -2.29. The van der Waals surface area contributed by atoms with Crippen LogP contribution >= 0.6 is 0 Å². The van der Waals surface area contributed by atoms with Crippen molar-refractivity contribution in [2.75, 3.05) is 7.11 Å². The molecule has 0 unspecified atom stereocenters. The number of carbonyl (C=O) groups is 2. The number of cyclic esters (lactones) is 2. The number of esters is 2. The largest absolute Gasteiger partial charge is 0.500 e. The number of methoxy groups -OCH3 is 1. The van der Waals surface area contributed by atoms with Gasteiger partial charge in [0.2, 0.25) is 5.75 Å². The van der Waals surface area contributed by atoms with E-state index in [9.17, 15) is 24.8 Å². The number of nitro benzene ring substituents is 1. The van der Waals surface area contributed by atoms with Crippen molar-refractivity contribution >= 4 is 23.7 Å². The topological polar surface area (TPSA) is 125 Å². The fraction of sp³-hybridized carbons (Fsp3) is 0.111. The minimum Gasteiger partial charge on any atom is -0.500 e. The number of carbonyl (C=O) groups excluding carboxylic acids is 2. The minimum atomic E-state index is -1.17. The van der Waals surface area contributed by atoms with Crippen LogP contribution in [0.2, 0.25) is 0 Å². The first kappa shape index (κ1) is 17.9. The van der Waals surface area contributed by atoms with Gasteiger partial charge in [-0.05, 0) is 17.7 Å². The molecular formula is C18H13NO8. The number of nitro groups is 1. The van der Waals surface area contributed by atoms with E-state index in [4.69, 9.17) is 14.2 Å².